The molecule has 0 saturated heterocycles. The Bertz CT molecular complexity index is 848. The summed E-state index contributed by atoms with van der Waals surface area (Å²) in [6, 6.07) is 3.64. The predicted molar refractivity (Wildman–Crippen MR) is 88.5 cm³/mol. The van der Waals surface area contributed by atoms with Crippen molar-refractivity contribution in [3.05, 3.63) is 35.3 Å². The number of halogens is 1. The number of carbonyl (C=O) groups is 1. The van der Waals surface area contributed by atoms with Gasteiger partial charge in [-0.25, -0.2) is 9.18 Å². The number of hydrogen-bond donors (Lipinski definition) is 1. The van der Waals surface area contributed by atoms with Gasteiger partial charge < -0.3 is 10.1 Å². The minimum absolute atomic E-state index is 0.0492. The number of hydrogen-bond acceptors (Lipinski definition) is 4. The van der Waals surface area contributed by atoms with E-state index in [1.54, 1.807) is 13.0 Å². The van der Waals surface area contributed by atoms with Crippen LogP contribution in [0.2, 0.25) is 0 Å². The van der Waals surface area contributed by atoms with Crippen LogP contribution < -0.4 is 5.32 Å². The molecular weight excluding hydrogens is 307 g/mol. The fourth-order valence-electron chi connectivity index (χ4n) is 3.72. The summed E-state index contributed by atoms with van der Waals surface area (Å²) in [5.74, 6) is 0.796. The SMILES string of the molecule is Cc1cc2c(NC3C4CC3C4)c(C(=O)OC3CC3)cnc2cc1F. The number of ether oxygens (including phenoxy) is 1. The molecule has 124 valence electrons. The highest BCUT2D eigenvalue weighted by molar-refractivity contribution is 6.05. The van der Waals surface area contributed by atoms with Gasteiger partial charge >= 0.3 is 5.97 Å². The van der Waals surface area contributed by atoms with Gasteiger partial charge in [0.1, 0.15) is 17.5 Å². The first-order chi connectivity index (χ1) is 11.6. The third kappa shape index (κ3) is 2.10. The van der Waals surface area contributed by atoms with Crippen molar-refractivity contribution in [1.29, 1.82) is 0 Å². The number of pyridine rings is 1. The highest BCUT2D eigenvalue weighted by Gasteiger charge is 2.52. The molecule has 4 nitrogen and oxygen atoms in total. The minimum atomic E-state index is -0.329. The summed E-state index contributed by atoms with van der Waals surface area (Å²) in [6.07, 6.45) is 5.99. The number of esters is 1. The first-order valence-electron chi connectivity index (χ1n) is 8.66. The summed E-state index contributed by atoms with van der Waals surface area (Å²) in [5, 5.41) is 4.34. The van der Waals surface area contributed by atoms with Crippen LogP contribution >= 0.6 is 0 Å². The zero-order chi connectivity index (χ0) is 16.4. The van der Waals surface area contributed by atoms with Crippen molar-refractivity contribution < 1.29 is 13.9 Å². The number of carbonyl (C=O) groups excluding carboxylic acids is 1. The molecule has 4 aliphatic carbocycles. The summed E-state index contributed by atoms with van der Waals surface area (Å²) in [6.45, 7) is 1.73. The van der Waals surface area contributed by atoms with E-state index in [2.05, 4.69) is 10.3 Å². The van der Waals surface area contributed by atoms with Gasteiger partial charge in [0.2, 0.25) is 0 Å². The van der Waals surface area contributed by atoms with E-state index < -0.39 is 0 Å². The summed E-state index contributed by atoms with van der Waals surface area (Å²) >= 11 is 0. The van der Waals surface area contributed by atoms with Crippen molar-refractivity contribution in [1.82, 2.24) is 4.98 Å². The summed E-state index contributed by atoms with van der Waals surface area (Å²) < 4.78 is 19.3. The Labute approximate surface area is 139 Å². The van der Waals surface area contributed by atoms with E-state index in [4.69, 9.17) is 4.74 Å². The quantitative estimate of drug-likeness (QED) is 0.868. The van der Waals surface area contributed by atoms with Crippen molar-refractivity contribution in [2.45, 2.75) is 44.8 Å². The molecule has 1 heterocycles. The van der Waals surface area contributed by atoms with Gasteiger partial charge in [0.15, 0.2) is 0 Å². The second-order valence-corrected chi connectivity index (χ2v) is 7.43. The van der Waals surface area contributed by atoms with Crippen molar-refractivity contribution in [2.24, 2.45) is 11.8 Å². The van der Waals surface area contributed by atoms with Crippen molar-refractivity contribution in [2.75, 3.05) is 5.32 Å². The topological polar surface area (TPSA) is 51.2 Å². The van der Waals surface area contributed by atoms with Gasteiger partial charge in [0, 0.05) is 23.7 Å². The highest BCUT2D eigenvalue weighted by Crippen LogP contribution is 2.55. The maximum atomic E-state index is 13.9. The molecule has 5 heteroatoms. The van der Waals surface area contributed by atoms with Crippen LogP contribution in [-0.2, 0) is 4.74 Å². The molecule has 0 unspecified atom stereocenters. The zero-order valence-corrected chi connectivity index (χ0v) is 13.5. The Morgan fingerprint density at radius 2 is 2.04 bits per heavy atom. The minimum Gasteiger partial charge on any atom is -0.459 e. The summed E-state index contributed by atoms with van der Waals surface area (Å²) in [5.41, 5.74) is 2.34. The molecule has 24 heavy (non-hydrogen) atoms. The van der Waals surface area contributed by atoms with Crippen LogP contribution in [-0.4, -0.2) is 23.1 Å². The van der Waals surface area contributed by atoms with E-state index in [0.29, 0.717) is 34.5 Å². The van der Waals surface area contributed by atoms with E-state index in [0.717, 1.165) is 23.9 Å². The third-order valence-corrected chi connectivity index (χ3v) is 5.70. The third-order valence-electron chi connectivity index (χ3n) is 5.70. The maximum absolute atomic E-state index is 13.9. The molecule has 6 rings (SSSR count). The van der Waals surface area contributed by atoms with Gasteiger partial charge in [0.05, 0.1) is 11.2 Å². The smallest absolute Gasteiger partial charge is 0.342 e. The Kier molecular flexibility index (Phi) is 2.91. The first-order valence-corrected chi connectivity index (χ1v) is 8.66. The number of aromatic nitrogens is 1. The monoisotopic (exact) mass is 326 g/mol. The summed E-state index contributed by atoms with van der Waals surface area (Å²) in [4.78, 5) is 16.8. The Balaban J connectivity index is 1.60. The lowest BCUT2D eigenvalue weighted by Gasteiger charge is -2.58. The van der Waals surface area contributed by atoms with Crippen LogP contribution in [0, 0.1) is 24.6 Å². The fraction of sp³-hybridized carbons (Fsp3) is 0.474. The van der Waals surface area contributed by atoms with Crippen LogP contribution in [0.4, 0.5) is 10.1 Å². The van der Waals surface area contributed by atoms with E-state index in [-0.39, 0.29) is 17.9 Å². The zero-order valence-electron chi connectivity index (χ0n) is 13.5. The average Bonchev–Trinajstić information content (AvgIpc) is 3.27. The van der Waals surface area contributed by atoms with E-state index in [1.807, 2.05) is 0 Å². The van der Waals surface area contributed by atoms with Crippen LogP contribution in [0.5, 0.6) is 0 Å². The second-order valence-electron chi connectivity index (χ2n) is 7.43. The van der Waals surface area contributed by atoms with Crippen LogP contribution in [0.3, 0.4) is 0 Å². The molecule has 0 radical (unpaired) electrons. The number of benzene rings is 1. The van der Waals surface area contributed by atoms with Crippen molar-refractivity contribution >= 4 is 22.6 Å². The van der Waals surface area contributed by atoms with Crippen LogP contribution in [0.15, 0.2) is 18.3 Å². The van der Waals surface area contributed by atoms with Gasteiger partial charge in [-0.2, -0.15) is 0 Å². The maximum Gasteiger partial charge on any atom is 0.342 e. The molecule has 4 aliphatic rings. The van der Waals surface area contributed by atoms with Gasteiger partial charge in [-0.3, -0.25) is 4.98 Å². The molecule has 0 spiro atoms. The van der Waals surface area contributed by atoms with Crippen molar-refractivity contribution in [3.63, 3.8) is 0 Å². The number of anilines is 1. The van der Waals surface area contributed by atoms with Crippen LogP contribution in [0.1, 0.15) is 41.6 Å². The molecule has 0 amide bonds. The number of rotatable bonds is 4. The lowest BCUT2D eigenvalue weighted by molar-refractivity contribution is -0.00391. The number of nitrogens with zero attached hydrogens (tertiary/aromatic N) is 1. The molecule has 0 aliphatic heterocycles. The first kappa shape index (κ1) is 14.2. The molecule has 1 N–H and O–H groups in total. The van der Waals surface area contributed by atoms with Gasteiger partial charge in [-0.1, -0.05) is 0 Å². The van der Waals surface area contributed by atoms with Gasteiger partial charge in [-0.15, -0.1) is 0 Å². The summed E-state index contributed by atoms with van der Waals surface area (Å²) in [7, 11) is 0. The Morgan fingerprint density at radius 3 is 2.67 bits per heavy atom. The fourth-order valence-corrected chi connectivity index (χ4v) is 3.72. The molecule has 1 aromatic heterocycles. The number of nitrogens with one attached hydrogen (secondary N) is 1. The highest BCUT2D eigenvalue weighted by atomic mass is 19.1. The molecule has 4 saturated carbocycles. The lowest BCUT2D eigenvalue weighted by Crippen LogP contribution is -2.59. The molecule has 2 bridgehead atoms. The molecular formula is C19H19FN2O2. The van der Waals surface area contributed by atoms with Crippen LogP contribution in [0.25, 0.3) is 10.9 Å². The molecule has 4 fully saturated rings. The predicted octanol–water partition coefficient (Wildman–Crippen LogP) is 3.82. The van der Waals surface area contributed by atoms with Gasteiger partial charge in [-0.05, 0) is 56.1 Å². The molecule has 1 aromatic carbocycles. The van der Waals surface area contributed by atoms with E-state index >= 15 is 0 Å². The number of aryl methyl sites for hydroxylation is 1. The largest absolute Gasteiger partial charge is 0.459 e. The average molecular weight is 326 g/mol. The molecule has 2 aromatic rings. The van der Waals surface area contributed by atoms with Crippen molar-refractivity contribution in [3.8, 4) is 0 Å². The van der Waals surface area contributed by atoms with E-state index in [1.165, 1.54) is 25.1 Å². The van der Waals surface area contributed by atoms with E-state index in [9.17, 15) is 9.18 Å². The standard InChI is InChI=1S/C19H19FN2O2/c1-9-4-13-16(7-15(9)20)21-8-14(19(23)24-12-2-3-12)18(13)22-17-10-5-11(17)6-10/h4,7-8,10-12,17H,2-3,5-6H2,1H3,(H,21,22). The molecule has 0 atom stereocenters. The Hall–Kier alpha value is -2.17. The second kappa shape index (κ2) is 4.91. The lowest BCUT2D eigenvalue weighted by atomic mass is 9.52. The Morgan fingerprint density at radius 1 is 1.29 bits per heavy atom. The van der Waals surface area contributed by atoms with Gasteiger partial charge in [0.25, 0.3) is 0 Å². The number of fused-ring (bicyclic) bond motifs is 1. The normalized spacial score (nSPS) is 27.3.